The van der Waals surface area contributed by atoms with E-state index in [2.05, 4.69) is 0 Å². The van der Waals surface area contributed by atoms with Gasteiger partial charge in [0.25, 0.3) is 0 Å². The minimum atomic E-state index is -4.44. The number of hydrogen-bond acceptors (Lipinski definition) is 8. The van der Waals surface area contributed by atoms with E-state index in [4.69, 9.17) is 21.9 Å². The van der Waals surface area contributed by atoms with Crippen molar-refractivity contribution in [2.75, 3.05) is 0 Å². The predicted molar refractivity (Wildman–Crippen MR) is 149 cm³/mol. The zero-order valence-electron chi connectivity index (χ0n) is 20.5. The van der Waals surface area contributed by atoms with Gasteiger partial charge in [-0.3, -0.25) is 13.6 Å². The van der Waals surface area contributed by atoms with E-state index in [1.807, 2.05) is 84.9 Å². The van der Waals surface area contributed by atoms with Crippen LogP contribution in [-0.4, -0.2) is 0 Å². The Hall–Kier alpha value is -2.51. The summed E-state index contributed by atoms with van der Waals surface area (Å²) >= 11 is 0.873. The SMILES string of the molecule is O=P(OCc1ccccc1)(OCc1ccccc1)OP(=O)(OCc1ccccc1)OSCc1ccccc1. The van der Waals surface area contributed by atoms with Crippen LogP contribution in [0.1, 0.15) is 22.3 Å². The smallest absolute Gasteiger partial charge is 0.282 e. The van der Waals surface area contributed by atoms with E-state index in [1.54, 1.807) is 36.4 Å². The van der Waals surface area contributed by atoms with Crippen molar-refractivity contribution in [2.45, 2.75) is 25.6 Å². The lowest BCUT2D eigenvalue weighted by molar-refractivity contribution is 0.120. The molecule has 0 saturated heterocycles. The zero-order valence-corrected chi connectivity index (χ0v) is 23.1. The van der Waals surface area contributed by atoms with Crippen molar-refractivity contribution >= 4 is 27.7 Å². The summed E-state index contributed by atoms with van der Waals surface area (Å²) in [6.07, 6.45) is 0. The molecule has 0 fully saturated rings. The average Bonchev–Trinajstić information content (AvgIpc) is 2.96. The molecular formula is C28H28O7P2S. The van der Waals surface area contributed by atoms with Gasteiger partial charge in [0.15, 0.2) is 0 Å². The molecule has 0 saturated carbocycles. The normalized spacial score (nSPS) is 13.2. The van der Waals surface area contributed by atoms with Gasteiger partial charge in [-0.15, -0.1) is 0 Å². The first-order chi connectivity index (χ1) is 18.5. The van der Waals surface area contributed by atoms with Crippen molar-refractivity contribution in [3.8, 4) is 0 Å². The second kappa shape index (κ2) is 14.6. The Bertz CT molecular complexity index is 1280. The van der Waals surface area contributed by atoms with Gasteiger partial charge in [-0.25, -0.2) is 13.1 Å². The first-order valence-electron chi connectivity index (χ1n) is 11.8. The van der Waals surface area contributed by atoms with Crippen LogP contribution in [0, 0.1) is 0 Å². The highest BCUT2D eigenvalue weighted by atomic mass is 32.2. The first kappa shape index (κ1) is 28.5. The number of benzene rings is 4. The molecule has 1 atom stereocenters. The number of hydrogen-bond donors (Lipinski definition) is 0. The van der Waals surface area contributed by atoms with E-state index in [0.717, 1.165) is 34.3 Å². The van der Waals surface area contributed by atoms with Gasteiger partial charge in [0, 0.05) is 17.8 Å². The monoisotopic (exact) mass is 570 g/mol. The largest absolute Gasteiger partial charge is 0.495 e. The summed E-state index contributed by atoms with van der Waals surface area (Å²) in [5, 5.41) is 0. The van der Waals surface area contributed by atoms with Gasteiger partial charge in [0.2, 0.25) is 0 Å². The Morgan fingerprint density at radius 3 is 1.21 bits per heavy atom. The van der Waals surface area contributed by atoms with Gasteiger partial charge in [-0.2, -0.15) is 4.31 Å². The molecule has 0 aromatic heterocycles. The predicted octanol–water partition coefficient (Wildman–Crippen LogP) is 8.73. The van der Waals surface area contributed by atoms with Crippen molar-refractivity contribution in [1.29, 1.82) is 0 Å². The minimum absolute atomic E-state index is 0.0945. The standard InChI is InChI=1S/C28H28O7P2S/c29-36(31-21-25-13-5-1-6-14-25,32-22-26-15-7-2-8-16-26)34-37(30,33-23-27-17-9-3-10-18-27)35-38-24-28-19-11-4-12-20-28/h1-20H,21-24H2. The van der Waals surface area contributed by atoms with Gasteiger partial charge in [0.1, 0.15) is 0 Å². The highest BCUT2D eigenvalue weighted by Gasteiger charge is 2.41. The molecule has 38 heavy (non-hydrogen) atoms. The van der Waals surface area contributed by atoms with E-state index < -0.39 is 15.6 Å². The fourth-order valence-corrected chi connectivity index (χ4v) is 7.31. The quantitative estimate of drug-likeness (QED) is 0.104. The summed E-state index contributed by atoms with van der Waals surface area (Å²) in [7, 11) is -8.87. The number of phosphoric acid groups is 2. The molecule has 198 valence electrons. The summed E-state index contributed by atoms with van der Waals surface area (Å²) in [6, 6.07) is 36.8. The Balaban J connectivity index is 1.51. The minimum Gasteiger partial charge on any atom is -0.282 e. The highest BCUT2D eigenvalue weighted by molar-refractivity contribution is 7.97. The second-order valence-electron chi connectivity index (χ2n) is 8.08. The molecule has 0 aliphatic carbocycles. The molecule has 0 N–H and O–H groups in total. The van der Waals surface area contributed by atoms with Crippen molar-refractivity contribution < 1.29 is 31.0 Å². The van der Waals surface area contributed by atoms with Crippen LogP contribution in [0.5, 0.6) is 0 Å². The van der Waals surface area contributed by atoms with Crippen LogP contribution >= 0.6 is 27.7 Å². The summed E-state index contributed by atoms with van der Waals surface area (Å²) in [4.78, 5) is 0. The van der Waals surface area contributed by atoms with Gasteiger partial charge >= 0.3 is 15.6 Å². The third-order valence-corrected chi connectivity index (χ3v) is 9.65. The van der Waals surface area contributed by atoms with Crippen LogP contribution in [0.15, 0.2) is 121 Å². The number of phosphoric ester groups is 1. The molecule has 7 nitrogen and oxygen atoms in total. The molecule has 0 heterocycles. The Labute approximate surface area is 227 Å². The van der Waals surface area contributed by atoms with Crippen LogP contribution in [0.2, 0.25) is 0 Å². The third-order valence-electron chi connectivity index (χ3n) is 5.11. The molecule has 4 aromatic rings. The Morgan fingerprint density at radius 2 is 0.816 bits per heavy atom. The lowest BCUT2D eigenvalue weighted by atomic mass is 10.2. The molecule has 0 aliphatic heterocycles. The van der Waals surface area contributed by atoms with Crippen molar-refractivity contribution in [1.82, 2.24) is 0 Å². The second-order valence-corrected chi connectivity index (χ2v) is 12.4. The van der Waals surface area contributed by atoms with Gasteiger partial charge in [-0.05, 0) is 22.3 Å². The van der Waals surface area contributed by atoms with Gasteiger partial charge in [0.05, 0.1) is 19.8 Å². The van der Waals surface area contributed by atoms with Crippen LogP contribution in [0.4, 0.5) is 0 Å². The van der Waals surface area contributed by atoms with E-state index in [-0.39, 0.29) is 19.8 Å². The lowest BCUT2D eigenvalue weighted by Crippen LogP contribution is -2.03. The van der Waals surface area contributed by atoms with Gasteiger partial charge < -0.3 is 0 Å². The van der Waals surface area contributed by atoms with E-state index in [9.17, 15) is 9.13 Å². The molecular weight excluding hydrogens is 542 g/mol. The summed E-state index contributed by atoms with van der Waals surface area (Å²) in [5.74, 6) is 0.364. The van der Waals surface area contributed by atoms with E-state index in [1.165, 1.54) is 0 Å². The van der Waals surface area contributed by atoms with Gasteiger partial charge in [-0.1, -0.05) is 121 Å². The lowest BCUT2D eigenvalue weighted by Gasteiger charge is -2.23. The number of rotatable bonds is 15. The maximum absolute atomic E-state index is 13.8. The molecule has 10 heteroatoms. The van der Waals surface area contributed by atoms with E-state index in [0.29, 0.717) is 5.75 Å². The summed E-state index contributed by atoms with van der Waals surface area (Å²) in [6.45, 7) is -0.285. The Morgan fingerprint density at radius 1 is 0.474 bits per heavy atom. The topological polar surface area (TPSA) is 80.3 Å². The Kier molecular flexibility index (Phi) is 10.9. The molecule has 0 amide bonds. The van der Waals surface area contributed by atoms with Crippen molar-refractivity contribution in [3.05, 3.63) is 144 Å². The molecule has 0 bridgehead atoms. The molecule has 0 radical (unpaired) electrons. The molecule has 1 unspecified atom stereocenters. The van der Waals surface area contributed by atoms with Crippen LogP contribution in [0.25, 0.3) is 0 Å². The fourth-order valence-electron chi connectivity index (χ4n) is 3.18. The molecule has 4 rings (SSSR count). The maximum atomic E-state index is 13.8. The van der Waals surface area contributed by atoms with Crippen LogP contribution < -0.4 is 0 Å². The summed E-state index contributed by atoms with van der Waals surface area (Å²) in [5.41, 5.74) is 3.15. The molecule has 0 aliphatic rings. The van der Waals surface area contributed by atoms with Crippen molar-refractivity contribution in [2.24, 2.45) is 0 Å². The van der Waals surface area contributed by atoms with Crippen molar-refractivity contribution in [3.63, 3.8) is 0 Å². The fraction of sp³-hybridized carbons (Fsp3) is 0.143. The third kappa shape index (κ3) is 9.66. The zero-order chi connectivity index (χ0) is 26.5. The highest BCUT2D eigenvalue weighted by Crippen LogP contribution is 2.68. The first-order valence-corrected chi connectivity index (χ1v) is 15.7. The maximum Gasteiger partial charge on any atom is 0.495 e. The van der Waals surface area contributed by atoms with Crippen LogP contribution in [-0.2, 0) is 56.6 Å². The van der Waals surface area contributed by atoms with E-state index >= 15 is 0 Å². The molecule has 0 spiro atoms. The van der Waals surface area contributed by atoms with Crippen LogP contribution in [0.3, 0.4) is 0 Å². The molecule has 4 aromatic carbocycles. The average molecular weight is 571 g/mol. The summed E-state index contributed by atoms with van der Waals surface area (Å²) < 4.78 is 55.5.